The molecule has 1 fully saturated rings. The minimum atomic E-state index is -0.750. The van der Waals surface area contributed by atoms with Crippen molar-refractivity contribution in [1.29, 1.82) is 0 Å². The molecule has 0 bridgehead atoms. The van der Waals surface area contributed by atoms with Crippen molar-refractivity contribution in [3.05, 3.63) is 58.7 Å². The maximum absolute atomic E-state index is 11.9. The van der Waals surface area contributed by atoms with E-state index in [1.807, 2.05) is 91.8 Å². The smallest absolute Gasteiger partial charge is 0.872 e. The molecule has 1 heterocycles. The van der Waals surface area contributed by atoms with Gasteiger partial charge in [-0.25, -0.2) is 0 Å². The van der Waals surface area contributed by atoms with Crippen molar-refractivity contribution in [3.63, 3.8) is 0 Å². The van der Waals surface area contributed by atoms with Gasteiger partial charge in [0.15, 0.2) is 0 Å². The molecule has 1 aliphatic heterocycles. The van der Waals surface area contributed by atoms with Crippen LogP contribution in [-0.2, 0) is 43.7 Å². The summed E-state index contributed by atoms with van der Waals surface area (Å²) in [5.41, 5.74) is 1.61. The van der Waals surface area contributed by atoms with Crippen LogP contribution in [0.15, 0.2) is 46.4 Å². The zero-order valence-electron chi connectivity index (χ0n) is 32.1. The molecule has 258 valence electrons. The predicted molar refractivity (Wildman–Crippen MR) is 185 cm³/mol. The van der Waals surface area contributed by atoms with Crippen LogP contribution in [0.3, 0.4) is 0 Å². The Morgan fingerprint density at radius 1 is 0.596 bits per heavy atom. The Balaban J connectivity index is -0.000000268. The molecule has 0 atom stereocenters. The van der Waals surface area contributed by atoms with Gasteiger partial charge in [-0.2, -0.15) is 0 Å². The fourth-order valence-electron chi connectivity index (χ4n) is 3.23. The summed E-state index contributed by atoms with van der Waals surface area (Å²) >= 11 is 0. The van der Waals surface area contributed by atoms with Crippen molar-refractivity contribution in [1.82, 2.24) is 0 Å². The number of rotatable bonds is 6. The molecule has 2 aromatic carbocycles. The molecule has 3 rings (SSSR count). The van der Waals surface area contributed by atoms with E-state index in [1.54, 1.807) is 54.0 Å². The molecule has 1 saturated heterocycles. The molecule has 47 heavy (non-hydrogen) atoms. The van der Waals surface area contributed by atoms with Crippen LogP contribution in [0.25, 0.3) is 0 Å². The van der Waals surface area contributed by atoms with Crippen molar-refractivity contribution < 1.29 is 64.1 Å². The van der Waals surface area contributed by atoms with Crippen molar-refractivity contribution in [2.45, 2.75) is 145 Å². The molecule has 0 unspecified atom stereocenters. The molecule has 0 aliphatic carbocycles. The number of aliphatic imine (C=N–C) groups is 2. The molecular formula is C38H62N2O5Zn2. The first-order valence-corrected chi connectivity index (χ1v) is 16.2. The summed E-state index contributed by atoms with van der Waals surface area (Å²) in [7, 11) is 0. The van der Waals surface area contributed by atoms with Crippen LogP contribution in [0.5, 0.6) is 11.5 Å². The van der Waals surface area contributed by atoms with Crippen molar-refractivity contribution in [3.8, 4) is 11.5 Å². The summed E-state index contributed by atoms with van der Waals surface area (Å²) in [5.74, 6) is 0.753. The monoisotopic (exact) mass is 754 g/mol. The average Bonchev–Trinajstić information content (AvgIpc) is 3.46. The normalized spacial score (nSPS) is 12.7. The number of hydrogen-bond donors (Lipinski definition) is 0. The molecule has 7 nitrogen and oxygen atoms in total. The van der Waals surface area contributed by atoms with E-state index in [1.165, 1.54) is 12.8 Å². The van der Waals surface area contributed by atoms with Crippen molar-refractivity contribution >= 4 is 12.4 Å². The van der Waals surface area contributed by atoms with Gasteiger partial charge in [0.25, 0.3) is 0 Å². The van der Waals surface area contributed by atoms with E-state index in [0.717, 1.165) is 24.3 Å². The van der Waals surface area contributed by atoms with Gasteiger partial charge in [0.2, 0.25) is 0 Å². The molecule has 9 heteroatoms. The second-order valence-corrected chi connectivity index (χ2v) is 14.1. The zero-order valence-corrected chi connectivity index (χ0v) is 38.0. The number of nitrogens with zero attached hydrogens (tertiary/aromatic N) is 2. The predicted octanol–water partition coefficient (Wildman–Crippen LogP) is 6.50. The Kier molecular flexibility index (Phi) is 30.4. The third kappa shape index (κ3) is 32.8. The van der Waals surface area contributed by atoms with Crippen LogP contribution >= 0.6 is 0 Å². The molecule has 1 aliphatic rings. The van der Waals surface area contributed by atoms with Crippen LogP contribution in [0, 0.1) is 0 Å². The summed E-state index contributed by atoms with van der Waals surface area (Å²) in [6.45, 7) is 27.9. The van der Waals surface area contributed by atoms with E-state index < -0.39 is 11.2 Å². The van der Waals surface area contributed by atoms with Crippen molar-refractivity contribution in [2.24, 2.45) is 9.98 Å². The largest absolute Gasteiger partial charge is 2.00 e. The van der Waals surface area contributed by atoms with Gasteiger partial charge >= 0.3 is 39.0 Å². The van der Waals surface area contributed by atoms with E-state index in [4.69, 9.17) is 4.74 Å². The molecule has 2 aromatic rings. The summed E-state index contributed by atoms with van der Waals surface area (Å²) in [5, 5.41) is 44.1. The van der Waals surface area contributed by atoms with Gasteiger partial charge in [-0.05, 0) is 63.5 Å². The second kappa shape index (κ2) is 27.3. The Labute approximate surface area is 313 Å². The van der Waals surface area contributed by atoms with Crippen LogP contribution in [0.4, 0.5) is 0 Å². The molecule has 0 amide bonds. The number of ether oxygens (including phenoxy) is 1. The summed E-state index contributed by atoms with van der Waals surface area (Å²) in [6.07, 6.45) is 5.91. The van der Waals surface area contributed by atoms with E-state index in [0.29, 0.717) is 11.1 Å². The third-order valence-corrected chi connectivity index (χ3v) is 5.25. The van der Waals surface area contributed by atoms with E-state index in [-0.39, 0.29) is 74.4 Å². The Bertz CT molecular complexity index is 1010. The summed E-state index contributed by atoms with van der Waals surface area (Å²) in [4.78, 5) is 8.46. The number of hydrogen-bond acceptors (Lipinski definition) is 7. The van der Waals surface area contributed by atoms with Crippen LogP contribution in [0.2, 0.25) is 0 Å². The van der Waals surface area contributed by atoms with E-state index >= 15 is 0 Å². The van der Waals surface area contributed by atoms with Gasteiger partial charge in [-0.15, -0.1) is 11.2 Å². The van der Waals surface area contributed by atoms with Gasteiger partial charge in [-0.1, -0.05) is 128 Å². The maximum Gasteiger partial charge on any atom is 2.00 e. The molecule has 0 saturated carbocycles. The Morgan fingerprint density at radius 3 is 1.06 bits per heavy atom. The fourth-order valence-corrected chi connectivity index (χ4v) is 3.23. The SMILES string of the molecule is C1CCOC1.CC(C)(C)[O-].CC(C)(C)[O-].CC(C)N=Cc1cccc(C(C)C)c1[O-].CC(C)N=Cc1cccc(C(C)C)c1[O-].[Zn+2].[Zn+2]. The van der Waals surface area contributed by atoms with E-state index in [2.05, 4.69) is 9.98 Å². The number of para-hydroxylation sites is 2. The molecular weight excluding hydrogens is 695 g/mol. The van der Waals surface area contributed by atoms with Gasteiger partial charge < -0.3 is 25.2 Å². The standard InChI is InChI=1S/2C13H19NO.C4H8O.2C4H9O.2Zn/c2*1-9(2)12-7-5-6-11(13(12)15)8-14-10(3)4;1-2-4-5-3-1;2*1-4(2,3)5;;/h2*5-10,15H,1-4H3;1-4H2;2*1-3H3;;/q;;;2*-1;2*+2/p-2. The number of benzene rings is 2. The minimum Gasteiger partial charge on any atom is -0.872 e. The first-order chi connectivity index (χ1) is 20.5. The molecule has 0 radical (unpaired) electrons. The first-order valence-electron chi connectivity index (χ1n) is 16.2. The van der Waals surface area contributed by atoms with Gasteiger partial charge in [0.05, 0.1) is 0 Å². The van der Waals surface area contributed by atoms with Crippen molar-refractivity contribution in [2.75, 3.05) is 13.2 Å². The Morgan fingerprint density at radius 2 is 0.872 bits per heavy atom. The van der Waals surface area contributed by atoms with E-state index in [9.17, 15) is 20.4 Å². The topological polar surface area (TPSA) is 126 Å². The first kappa shape index (κ1) is 52.3. The van der Waals surface area contributed by atoms with Crippen LogP contribution in [-0.4, -0.2) is 48.9 Å². The maximum atomic E-state index is 11.9. The fraction of sp³-hybridized carbons (Fsp3) is 0.632. The summed E-state index contributed by atoms with van der Waals surface area (Å²) < 4.78 is 4.94. The molecule has 0 N–H and O–H groups in total. The average molecular weight is 758 g/mol. The zero-order chi connectivity index (χ0) is 35.4. The van der Waals surface area contributed by atoms with Crippen LogP contribution < -0.4 is 20.4 Å². The second-order valence-electron chi connectivity index (χ2n) is 14.1. The third-order valence-electron chi connectivity index (χ3n) is 5.25. The molecule has 0 aromatic heterocycles. The Hall–Kier alpha value is -1.49. The van der Waals surface area contributed by atoms with Gasteiger partial charge in [0.1, 0.15) is 0 Å². The minimum absolute atomic E-state index is 0. The quantitative estimate of drug-likeness (QED) is 0.246. The van der Waals surface area contributed by atoms with Gasteiger partial charge in [0, 0.05) is 37.7 Å². The van der Waals surface area contributed by atoms with Gasteiger partial charge in [-0.3, -0.25) is 9.98 Å². The molecule has 0 spiro atoms. The summed E-state index contributed by atoms with van der Waals surface area (Å²) in [6, 6.07) is 11.7. The van der Waals surface area contributed by atoms with Crippen LogP contribution in [0.1, 0.15) is 144 Å².